The maximum Gasteiger partial charge on any atom is 0.254 e. The van der Waals surface area contributed by atoms with Crippen LogP contribution in [-0.4, -0.2) is 23.9 Å². The first kappa shape index (κ1) is 14.9. The molecule has 3 nitrogen and oxygen atoms in total. The van der Waals surface area contributed by atoms with Gasteiger partial charge in [-0.3, -0.25) is 4.79 Å². The molecule has 3 heteroatoms. The van der Waals surface area contributed by atoms with Gasteiger partial charge >= 0.3 is 0 Å². The number of nitrogens with zero attached hydrogens (tertiary/aromatic N) is 1. The van der Waals surface area contributed by atoms with Crippen molar-refractivity contribution in [1.82, 2.24) is 4.90 Å². The molecule has 1 aliphatic heterocycles. The summed E-state index contributed by atoms with van der Waals surface area (Å²) in [7, 11) is 0. The lowest BCUT2D eigenvalue weighted by Crippen LogP contribution is -2.33. The number of carbonyl (C=O) groups is 1. The van der Waals surface area contributed by atoms with Gasteiger partial charge in [-0.15, -0.1) is 0 Å². The van der Waals surface area contributed by atoms with Crippen molar-refractivity contribution >= 4 is 11.6 Å². The van der Waals surface area contributed by atoms with Crippen molar-refractivity contribution in [3.63, 3.8) is 0 Å². The van der Waals surface area contributed by atoms with Gasteiger partial charge in [0, 0.05) is 24.3 Å². The molecule has 1 fully saturated rings. The number of amides is 1. The lowest BCUT2D eigenvalue weighted by molar-refractivity contribution is 0.0756. The van der Waals surface area contributed by atoms with E-state index < -0.39 is 0 Å². The molecule has 1 aliphatic rings. The molecule has 110 valence electrons. The lowest BCUT2D eigenvalue weighted by atomic mass is 9.85. The number of hydrogen-bond donors (Lipinski definition) is 1. The van der Waals surface area contributed by atoms with Crippen molar-refractivity contribution in [3.05, 3.63) is 28.8 Å². The maximum atomic E-state index is 12.7. The molecule has 0 radical (unpaired) electrons. The largest absolute Gasteiger partial charge is 0.398 e. The zero-order chi connectivity index (χ0) is 14.9. The summed E-state index contributed by atoms with van der Waals surface area (Å²) in [6.07, 6.45) is 3.34. The summed E-state index contributed by atoms with van der Waals surface area (Å²) in [5, 5.41) is 0. The van der Waals surface area contributed by atoms with Crippen molar-refractivity contribution in [2.45, 2.75) is 47.0 Å². The summed E-state index contributed by atoms with van der Waals surface area (Å²) < 4.78 is 0. The molecular weight excluding hydrogens is 248 g/mol. The molecule has 1 aromatic carbocycles. The molecule has 1 saturated heterocycles. The van der Waals surface area contributed by atoms with Crippen LogP contribution in [0.15, 0.2) is 12.1 Å². The molecule has 2 N–H and O–H groups in total. The predicted molar refractivity (Wildman–Crippen MR) is 83.9 cm³/mol. The van der Waals surface area contributed by atoms with Crippen molar-refractivity contribution in [2.24, 2.45) is 5.41 Å². The second-order valence-electron chi connectivity index (χ2n) is 6.83. The Kier molecular flexibility index (Phi) is 4.07. The number of hydrogen-bond acceptors (Lipinski definition) is 2. The van der Waals surface area contributed by atoms with E-state index in [-0.39, 0.29) is 5.91 Å². The first-order chi connectivity index (χ1) is 9.30. The number of aryl methyl sites for hydroxylation is 2. The Morgan fingerprint density at radius 1 is 1.15 bits per heavy atom. The SMILES string of the molecule is Cc1cc(C)c(C(=O)N2CCCC(C)(C)CC2)cc1N. The average Bonchev–Trinajstić information content (AvgIpc) is 2.54. The molecule has 1 aromatic rings. The van der Waals surface area contributed by atoms with Crippen molar-refractivity contribution in [2.75, 3.05) is 18.8 Å². The number of likely N-dealkylation sites (tertiary alicyclic amines) is 1. The summed E-state index contributed by atoms with van der Waals surface area (Å²) in [5.74, 6) is 0.131. The third kappa shape index (κ3) is 3.14. The van der Waals surface area contributed by atoms with E-state index in [4.69, 9.17) is 5.73 Å². The standard InChI is InChI=1S/C17H26N2O/c1-12-10-13(2)15(18)11-14(12)16(20)19-8-5-6-17(3,4)7-9-19/h10-11H,5-9,18H2,1-4H3. The van der Waals surface area contributed by atoms with E-state index in [1.807, 2.05) is 30.9 Å². The van der Waals surface area contributed by atoms with Crippen LogP contribution >= 0.6 is 0 Å². The molecule has 2 rings (SSSR count). The van der Waals surface area contributed by atoms with Gasteiger partial charge in [-0.2, -0.15) is 0 Å². The molecule has 20 heavy (non-hydrogen) atoms. The summed E-state index contributed by atoms with van der Waals surface area (Å²) in [6.45, 7) is 10.2. The number of nitrogens with two attached hydrogens (primary N) is 1. The Labute approximate surface area is 122 Å². The van der Waals surface area contributed by atoms with Gasteiger partial charge in [0.15, 0.2) is 0 Å². The molecule has 0 bridgehead atoms. The van der Waals surface area contributed by atoms with Crippen molar-refractivity contribution < 1.29 is 4.79 Å². The van der Waals surface area contributed by atoms with Crippen LogP contribution in [0.1, 0.15) is 54.6 Å². The first-order valence-electron chi connectivity index (χ1n) is 7.46. The average molecular weight is 274 g/mol. The Hall–Kier alpha value is -1.51. The molecule has 0 aliphatic carbocycles. The molecule has 0 atom stereocenters. The summed E-state index contributed by atoms with van der Waals surface area (Å²) >= 11 is 0. The summed E-state index contributed by atoms with van der Waals surface area (Å²) in [5.41, 5.74) is 9.82. The van der Waals surface area contributed by atoms with Crippen LogP contribution in [0, 0.1) is 19.3 Å². The fourth-order valence-corrected chi connectivity index (χ4v) is 2.90. The third-order valence-electron chi connectivity index (χ3n) is 4.47. The smallest absolute Gasteiger partial charge is 0.254 e. The summed E-state index contributed by atoms with van der Waals surface area (Å²) in [4.78, 5) is 14.7. The van der Waals surface area contributed by atoms with Crippen LogP contribution in [0.3, 0.4) is 0 Å². The molecule has 0 spiro atoms. The first-order valence-corrected chi connectivity index (χ1v) is 7.46. The second-order valence-corrected chi connectivity index (χ2v) is 6.83. The topological polar surface area (TPSA) is 46.3 Å². The van der Waals surface area contributed by atoms with Gasteiger partial charge in [0.1, 0.15) is 0 Å². The zero-order valence-corrected chi connectivity index (χ0v) is 13.1. The van der Waals surface area contributed by atoms with Crippen LogP contribution in [-0.2, 0) is 0 Å². The predicted octanol–water partition coefficient (Wildman–Crippen LogP) is 3.54. The zero-order valence-electron chi connectivity index (χ0n) is 13.1. The molecule has 0 unspecified atom stereocenters. The molecule has 1 amide bonds. The number of rotatable bonds is 1. The highest BCUT2D eigenvalue weighted by atomic mass is 16.2. The minimum atomic E-state index is 0.131. The van der Waals surface area contributed by atoms with Crippen LogP contribution in [0.5, 0.6) is 0 Å². The van der Waals surface area contributed by atoms with Gasteiger partial charge in [0.25, 0.3) is 5.91 Å². The Morgan fingerprint density at radius 3 is 2.55 bits per heavy atom. The highest BCUT2D eigenvalue weighted by Gasteiger charge is 2.26. The van der Waals surface area contributed by atoms with Crippen molar-refractivity contribution in [1.29, 1.82) is 0 Å². The molecule has 1 heterocycles. The van der Waals surface area contributed by atoms with Gasteiger partial charge in [-0.05, 0) is 55.7 Å². The van der Waals surface area contributed by atoms with Crippen LogP contribution in [0.4, 0.5) is 5.69 Å². The third-order valence-corrected chi connectivity index (χ3v) is 4.47. The minimum Gasteiger partial charge on any atom is -0.398 e. The normalized spacial score (nSPS) is 18.7. The van der Waals surface area contributed by atoms with Crippen molar-refractivity contribution in [3.8, 4) is 0 Å². The highest BCUT2D eigenvalue weighted by molar-refractivity contribution is 5.96. The van der Waals surface area contributed by atoms with E-state index in [1.165, 1.54) is 6.42 Å². The Bertz CT molecular complexity index is 520. The van der Waals surface area contributed by atoms with E-state index in [0.29, 0.717) is 11.1 Å². The van der Waals surface area contributed by atoms with E-state index in [2.05, 4.69) is 13.8 Å². The molecular formula is C17H26N2O. The van der Waals surface area contributed by atoms with Crippen LogP contribution < -0.4 is 5.73 Å². The number of anilines is 1. The van der Waals surface area contributed by atoms with Crippen LogP contribution in [0.25, 0.3) is 0 Å². The number of nitrogen functional groups attached to an aromatic ring is 1. The van der Waals surface area contributed by atoms with Gasteiger partial charge in [0.2, 0.25) is 0 Å². The molecule has 0 aromatic heterocycles. The second kappa shape index (κ2) is 5.47. The Morgan fingerprint density at radius 2 is 1.85 bits per heavy atom. The lowest BCUT2D eigenvalue weighted by Gasteiger charge is -2.24. The fraction of sp³-hybridized carbons (Fsp3) is 0.588. The van der Waals surface area contributed by atoms with E-state index >= 15 is 0 Å². The van der Waals surface area contributed by atoms with E-state index in [1.54, 1.807) is 0 Å². The van der Waals surface area contributed by atoms with E-state index in [9.17, 15) is 4.79 Å². The monoisotopic (exact) mass is 274 g/mol. The van der Waals surface area contributed by atoms with Gasteiger partial charge in [-0.1, -0.05) is 19.9 Å². The summed E-state index contributed by atoms with van der Waals surface area (Å²) in [6, 6.07) is 3.84. The number of benzene rings is 1. The number of carbonyl (C=O) groups excluding carboxylic acids is 1. The Balaban J connectivity index is 2.21. The quantitative estimate of drug-likeness (QED) is 0.796. The molecule has 0 saturated carbocycles. The highest BCUT2D eigenvalue weighted by Crippen LogP contribution is 2.30. The van der Waals surface area contributed by atoms with Gasteiger partial charge < -0.3 is 10.6 Å². The van der Waals surface area contributed by atoms with E-state index in [0.717, 1.165) is 42.6 Å². The van der Waals surface area contributed by atoms with Crippen LogP contribution in [0.2, 0.25) is 0 Å². The maximum absolute atomic E-state index is 12.7. The van der Waals surface area contributed by atoms with Gasteiger partial charge in [0.05, 0.1) is 0 Å². The van der Waals surface area contributed by atoms with Gasteiger partial charge in [-0.25, -0.2) is 0 Å². The fourth-order valence-electron chi connectivity index (χ4n) is 2.90. The minimum absolute atomic E-state index is 0.131.